The standard InChI is InChI=1S/C31H36N4O10S/c1-2-3-4-5-9-24(34-18-27(32-19-34)33-29(38)23-8-6-7-10-26(23)46(42,43)44)30(39)35-17-22(16-25(35)31(40)41)45-21-13-11-20(12-14-21)15-28(36)37/h6-8,10-14,18-19,22,24-25H,2-5,9,15-17H2,1H3,(H,33,38)(H,36,37)(H,40,41)(H,42,43,44)/t22-,24+,25+/m0/s1. The van der Waals surface area contributed by atoms with Crippen molar-refractivity contribution in [3.63, 3.8) is 0 Å². The highest BCUT2D eigenvalue weighted by Gasteiger charge is 2.43. The highest BCUT2D eigenvalue weighted by molar-refractivity contribution is 7.86. The summed E-state index contributed by atoms with van der Waals surface area (Å²) >= 11 is 0. The number of carboxylic acids is 2. The van der Waals surface area contributed by atoms with Gasteiger partial charge in [-0.1, -0.05) is 56.9 Å². The minimum atomic E-state index is -4.67. The second kappa shape index (κ2) is 15.0. The van der Waals surface area contributed by atoms with Crippen LogP contribution in [0.1, 0.15) is 67.4 Å². The van der Waals surface area contributed by atoms with Crippen molar-refractivity contribution in [3.05, 3.63) is 72.2 Å². The van der Waals surface area contributed by atoms with Crippen LogP contribution >= 0.6 is 0 Å². The maximum Gasteiger partial charge on any atom is 0.326 e. The summed E-state index contributed by atoms with van der Waals surface area (Å²) < 4.78 is 40.5. The Bertz CT molecular complexity index is 1670. The van der Waals surface area contributed by atoms with Gasteiger partial charge in [-0.15, -0.1) is 0 Å². The number of carbonyl (C=O) groups is 4. The predicted octanol–water partition coefficient (Wildman–Crippen LogP) is 3.65. The Balaban J connectivity index is 1.53. The fourth-order valence-electron chi connectivity index (χ4n) is 5.40. The number of benzene rings is 2. The van der Waals surface area contributed by atoms with Crippen molar-refractivity contribution in [2.45, 2.75) is 75.0 Å². The van der Waals surface area contributed by atoms with E-state index in [2.05, 4.69) is 17.2 Å². The largest absolute Gasteiger partial charge is 0.488 e. The molecule has 2 aromatic carbocycles. The van der Waals surface area contributed by atoms with Crippen molar-refractivity contribution in [2.75, 3.05) is 11.9 Å². The monoisotopic (exact) mass is 656 g/mol. The lowest BCUT2D eigenvalue weighted by Crippen LogP contribution is -2.44. The van der Waals surface area contributed by atoms with E-state index in [9.17, 15) is 37.3 Å². The first kappa shape index (κ1) is 34.1. The molecule has 14 nitrogen and oxygen atoms in total. The molecule has 15 heteroatoms. The normalized spacial score (nSPS) is 17.0. The van der Waals surface area contributed by atoms with Gasteiger partial charge in [0.25, 0.3) is 16.0 Å². The van der Waals surface area contributed by atoms with Gasteiger partial charge in [0, 0.05) is 12.6 Å². The van der Waals surface area contributed by atoms with Crippen molar-refractivity contribution in [2.24, 2.45) is 0 Å². The van der Waals surface area contributed by atoms with Crippen molar-refractivity contribution >= 4 is 39.7 Å². The van der Waals surface area contributed by atoms with Gasteiger partial charge in [0.05, 0.1) is 24.9 Å². The molecule has 0 radical (unpaired) electrons. The lowest BCUT2D eigenvalue weighted by molar-refractivity contribution is -0.149. The Kier molecular flexibility index (Phi) is 11.1. The number of hydrogen-bond donors (Lipinski definition) is 4. The maximum absolute atomic E-state index is 14.0. The lowest BCUT2D eigenvalue weighted by atomic mass is 10.1. The Hall–Kier alpha value is -4.76. The van der Waals surface area contributed by atoms with Crippen molar-refractivity contribution < 1.29 is 47.1 Å². The van der Waals surface area contributed by atoms with E-state index in [1.807, 2.05) is 0 Å². The Labute approximate surface area is 265 Å². The fourth-order valence-corrected chi connectivity index (χ4v) is 6.09. The summed E-state index contributed by atoms with van der Waals surface area (Å²) in [6.45, 7) is 2.05. The van der Waals surface area contributed by atoms with Gasteiger partial charge in [-0.25, -0.2) is 9.78 Å². The summed E-state index contributed by atoms with van der Waals surface area (Å²) in [6.07, 6.45) is 5.81. The molecule has 246 valence electrons. The summed E-state index contributed by atoms with van der Waals surface area (Å²) in [6, 6.07) is 9.55. The number of carbonyl (C=O) groups excluding carboxylic acids is 2. The van der Waals surface area contributed by atoms with Gasteiger partial charge in [0.2, 0.25) is 5.91 Å². The van der Waals surface area contributed by atoms with Crippen LogP contribution in [0.25, 0.3) is 0 Å². The number of nitrogens with zero attached hydrogens (tertiary/aromatic N) is 3. The molecule has 46 heavy (non-hydrogen) atoms. The van der Waals surface area contributed by atoms with Crippen molar-refractivity contribution in [1.82, 2.24) is 14.5 Å². The van der Waals surface area contributed by atoms with Gasteiger partial charge >= 0.3 is 11.9 Å². The average Bonchev–Trinajstić information content (AvgIpc) is 3.64. The van der Waals surface area contributed by atoms with E-state index in [4.69, 9.17) is 9.84 Å². The first-order chi connectivity index (χ1) is 21.9. The molecule has 1 saturated heterocycles. The van der Waals surface area contributed by atoms with E-state index < -0.39 is 57.0 Å². The Morgan fingerprint density at radius 3 is 2.41 bits per heavy atom. The van der Waals surface area contributed by atoms with E-state index in [0.29, 0.717) is 24.2 Å². The van der Waals surface area contributed by atoms with Gasteiger partial charge in [-0.2, -0.15) is 8.42 Å². The number of likely N-dealkylation sites (tertiary alicyclic amines) is 1. The van der Waals surface area contributed by atoms with E-state index in [-0.39, 0.29) is 30.8 Å². The highest BCUT2D eigenvalue weighted by atomic mass is 32.2. The van der Waals surface area contributed by atoms with Crippen molar-refractivity contribution in [1.29, 1.82) is 0 Å². The van der Waals surface area contributed by atoms with Crippen LogP contribution < -0.4 is 10.1 Å². The zero-order chi connectivity index (χ0) is 33.4. The fraction of sp³-hybridized carbons (Fsp3) is 0.387. The zero-order valence-corrected chi connectivity index (χ0v) is 25.9. The number of nitrogens with one attached hydrogen (secondary N) is 1. The molecule has 2 heterocycles. The SMILES string of the molecule is CCCCCC[C@H](C(=O)N1C[C@@H](Oc2ccc(CC(=O)O)cc2)C[C@@H]1C(=O)O)n1cnc(NC(=O)c2ccccc2S(=O)(=O)O)c1. The van der Waals surface area contributed by atoms with Crippen LogP contribution in [0.15, 0.2) is 66.0 Å². The third kappa shape index (κ3) is 8.69. The van der Waals surface area contributed by atoms with E-state index in [1.165, 1.54) is 40.2 Å². The number of aliphatic carboxylic acids is 2. The molecular formula is C31H36N4O10S. The van der Waals surface area contributed by atoms with Gasteiger partial charge < -0.3 is 29.7 Å². The molecule has 1 fully saturated rings. The number of imidazole rings is 1. The third-order valence-electron chi connectivity index (χ3n) is 7.64. The predicted molar refractivity (Wildman–Crippen MR) is 164 cm³/mol. The summed E-state index contributed by atoms with van der Waals surface area (Å²) in [7, 11) is -4.67. The average molecular weight is 657 g/mol. The molecule has 1 aliphatic heterocycles. The van der Waals surface area contributed by atoms with Gasteiger partial charge in [-0.05, 0) is 36.2 Å². The molecular weight excluding hydrogens is 620 g/mol. The topological polar surface area (TPSA) is 205 Å². The second-order valence-electron chi connectivity index (χ2n) is 11.0. The molecule has 2 amide bonds. The summed E-state index contributed by atoms with van der Waals surface area (Å²) in [5.74, 6) is -3.02. The minimum absolute atomic E-state index is 0.00282. The molecule has 0 aliphatic carbocycles. The number of amides is 2. The highest BCUT2D eigenvalue weighted by Crippen LogP contribution is 2.29. The van der Waals surface area contributed by atoms with Crippen LogP contribution in [-0.4, -0.2) is 80.1 Å². The number of carboxylic acid groups (broad SMARTS) is 2. The molecule has 4 N–H and O–H groups in total. The van der Waals surface area contributed by atoms with Crippen LogP contribution in [0.4, 0.5) is 5.82 Å². The molecule has 1 aliphatic rings. The zero-order valence-electron chi connectivity index (χ0n) is 25.1. The number of aromatic nitrogens is 2. The molecule has 4 rings (SSSR count). The minimum Gasteiger partial charge on any atom is -0.488 e. The van der Waals surface area contributed by atoms with Crippen molar-refractivity contribution in [3.8, 4) is 5.75 Å². The number of anilines is 1. The summed E-state index contributed by atoms with van der Waals surface area (Å²) in [5, 5.41) is 21.5. The number of unbranched alkanes of at least 4 members (excludes halogenated alkanes) is 3. The summed E-state index contributed by atoms with van der Waals surface area (Å²) in [5.41, 5.74) is 0.284. The molecule has 0 saturated carbocycles. The van der Waals surface area contributed by atoms with E-state index in [1.54, 1.807) is 24.3 Å². The van der Waals surface area contributed by atoms with Gasteiger partial charge in [0.15, 0.2) is 5.82 Å². The van der Waals surface area contributed by atoms with Crippen LogP contribution in [0.3, 0.4) is 0 Å². The first-order valence-corrected chi connectivity index (χ1v) is 16.2. The molecule has 0 bridgehead atoms. The van der Waals surface area contributed by atoms with Crippen LogP contribution in [0.5, 0.6) is 5.75 Å². The number of hydrogen-bond acceptors (Lipinski definition) is 8. The quantitative estimate of drug-likeness (QED) is 0.137. The van der Waals surface area contributed by atoms with E-state index in [0.717, 1.165) is 25.3 Å². The first-order valence-electron chi connectivity index (χ1n) is 14.8. The van der Waals surface area contributed by atoms with E-state index >= 15 is 0 Å². The van der Waals surface area contributed by atoms with Crippen LogP contribution in [0.2, 0.25) is 0 Å². The maximum atomic E-state index is 14.0. The number of ether oxygens (including phenoxy) is 1. The third-order valence-corrected chi connectivity index (χ3v) is 8.55. The molecule has 0 spiro atoms. The number of rotatable bonds is 15. The molecule has 0 unspecified atom stereocenters. The molecule has 3 atom stereocenters. The van der Waals surface area contributed by atoms with Gasteiger partial charge in [0.1, 0.15) is 28.8 Å². The molecule has 3 aromatic rings. The Morgan fingerprint density at radius 2 is 1.76 bits per heavy atom. The van der Waals surface area contributed by atoms with Crippen LogP contribution in [-0.2, 0) is 30.9 Å². The second-order valence-corrected chi connectivity index (χ2v) is 12.4. The van der Waals surface area contributed by atoms with Gasteiger partial charge in [-0.3, -0.25) is 18.9 Å². The van der Waals surface area contributed by atoms with Crippen LogP contribution in [0, 0.1) is 0 Å². The lowest BCUT2D eigenvalue weighted by Gasteiger charge is -2.27. The Morgan fingerprint density at radius 1 is 1.04 bits per heavy atom. The smallest absolute Gasteiger partial charge is 0.326 e. The molecule has 1 aromatic heterocycles. The summed E-state index contributed by atoms with van der Waals surface area (Å²) in [4.78, 5) is 55.0.